The second-order valence-electron chi connectivity index (χ2n) is 5.34. The molecule has 0 bridgehead atoms. The van der Waals surface area contributed by atoms with Gasteiger partial charge in [-0.1, -0.05) is 17.7 Å². The van der Waals surface area contributed by atoms with Crippen molar-refractivity contribution in [2.45, 2.75) is 13.8 Å². The van der Waals surface area contributed by atoms with Crippen molar-refractivity contribution in [2.24, 2.45) is 5.10 Å². The molecular weight excluding hydrogens is 306 g/mol. The van der Waals surface area contributed by atoms with E-state index in [2.05, 4.69) is 15.8 Å². The molecule has 0 aliphatic carbocycles. The number of nitrogens with zero attached hydrogens (tertiary/aromatic N) is 1. The third-order valence-corrected chi connectivity index (χ3v) is 3.41. The molecule has 24 heavy (non-hydrogen) atoms. The number of anilines is 1. The van der Waals surface area contributed by atoms with Gasteiger partial charge in [0.25, 0.3) is 5.91 Å². The highest BCUT2D eigenvalue weighted by atomic mass is 16.5. The van der Waals surface area contributed by atoms with Gasteiger partial charge in [0.2, 0.25) is 0 Å². The molecule has 126 valence electrons. The molecule has 2 aromatic carbocycles. The van der Waals surface area contributed by atoms with Gasteiger partial charge in [-0.3, -0.25) is 4.79 Å². The van der Waals surface area contributed by atoms with Crippen LogP contribution in [0.2, 0.25) is 0 Å². The summed E-state index contributed by atoms with van der Waals surface area (Å²) in [5.74, 6) is 0.555. The Kier molecular flexibility index (Phi) is 5.78. The number of benzene rings is 2. The number of nitrogens with one attached hydrogen (secondary N) is 2. The molecule has 0 fully saturated rings. The second kappa shape index (κ2) is 8.01. The summed E-state index contributed by atoms with van der Waals surface area (Å²) >= 11 is 0. The summed E-state index contributed by atoms with van der Waals surface area (Å²) in [6.07, 6.45) is 0. The number of rotatable bonds is 6. The molecular formula is C18H21N3O3. The van der Waals surface area contributed by atoms with Crippen LogP contribution in [0.3, 0.4) is 0 Å². The Bertz CT molecular complexity index is 757. The Morgan fingerprint density at radius 2 is 2.04 bits per heavy atom. The Balaban J connectivity index is 1.93. The zero-order valence-electron chi connectivity index (χ0n) is 14.0. The molecule has 0 aliphatic heterocycles. The van der Waals surface area contributed by atoms with Crippen LogP contribution in [-0.4, -0.2) is 30.4 Å². The van der Waals surface area contributed by atoms with Crippen LogP contribution in [0.4, 0.5) is 5.69 Å². The van der Waals surface area contributed by atoms with Crippen molar-refractivity contribution in [3.8, 4) is 11.5 Å². The van der Waals surface area contributed by atoms with Gasteiger partial charge in [0.15, 0.2) is 0 Å². The van der Waals surface area contributed by atoms with Crippen molar-refractivity contribution in [1.29, 1.82) is 0 Å². The highest BCUT2D eigenvalue weighted by molar-refractivity contribution is 6.01. The smallest absolute Gasteiger partial charge is 0.259 e. The van der Waals surface area contributed by atoms with Crippen molar-refractivity contribution in [2.75, 3.05) is 19.0 Å². The van der Waals surface area contributed by atoms with Crippen molar-refractivity contribution in [3.05, 3.63) is 53.6 Å². The van der Waals surface area contributed by atoms with Crippen LogP contribution in [0.1, 0.15) is 18.1 Å². The lowest BCUT2D eigenvalue weighted by molar-refractivity contribution is -0.119. The molecule has 3 N–H and O–H groups in total. The number of hydrogen-bond donors (Lipinski definition) is 3. The van der Waals surface area contributed by atoms with Crippen molar-refractivity contribution in [1.82, 2.24) is 5.43 Å². The van der Waals surface area contributed by atoms with E-state index in [-0.39, 0.29) is 18.2 Å². The van der Waals surface area contributed by atoms with Crippen LogP contribution in [0.15, 0.2) is 47.6 Å². The number of aromatic hydroxyl groups is 1. The number of methoxy groups -OCH3 is 1. The summed E-state index contributed by atoms with van der Waals surface area (Å²) in [4.78, 5) is 11.9. The first kappa shape index (κ1) is 17.3. The van der Waals surface area contributed by atoms with E-state index in [1.165, 1.54) is 0 Å². The van der Waals surface area contributed by atoms with Gasteiger partial charge in [0, 0.05) is 17.3 Å². The quantitative estimate of drug-likeness (QED) is 0.563. The summed E-state index contributed by atoms with van der Waals surface area (Å²) in [6, 6.07) is 12.5. The zero-order valence-corrected chi connectivity index (χ0v) is 14.0. The lowest BCUT2D eigenvalue weighted by atomic mass is 10.1. The molecule has 0 saturated heterocycles. The lowest BCUT2D eigenvalue weighted by Crippen LogP contribution is -2.26. The van der Waals surface area contributed by atoms with Gasteiger partial charge < -0.3 is 15.2 Å². The molecule has 0 atom stereocenters. The van der Waals surface area contributed by atoms with Crippen LogP contribution in [0, 0.1) is 6.92 Å². The summed E-state index contributed by atoms with van der Waals surface area (Å²) < 4.78 is 5.12. The number of hydrogen-bond acceptors (Lipinski definition) is 5. The molecule has 6 heteroatoms. The Morgan fingerprint density at radius 1 is 1.25 bits per heavy atom. The van der Waals surface area contributed by atoms with Crippen molar-refractivity contribution < 1.29 is 14.6 Å². The molecule has 0 aromatic heterocycles. The maximum atomic E-state index is 11.9. The maximum absolute atomic E-state index is 11.9. The number of phenolic OH excluding ortho intramolecular Hbond substituents is 1. The predicted molar refractivity (Wildman–Crippen MR) is 94.7 cm³/mol. The first-order chi connectivity index (χ1) is 11.5. The third-order valence-electron chi connectivity index (χ3n) is 3.41. The Labute approximate surface area is 141 Å². The first-order valence-corrected chi connectivity index (χ1v) is 7.50. The molecule has 1 amide bonds. The molecule has 0 heterocycles. The van der Waals surface area contributed by atoms with E-state index in [4.69, 9.17) is 4.74 Å². The molecule has 2 aromatic rings. The van der Waals surface area contributed by atoms with Crippen LogP contribution in [0.25, 0.3) is 0 Å². The SMILES string of the molecule is COc1cccc(NCC(=O)N/N=C(\C)c2cc(C)ccc2O)c1. The molecule has 0 spiro atoms. The van der Waals surface area contributed by atoms with Gasteiger partial charge in [0.1, 0.15) is 11.5 Å². The van der Waals surface area contributed by atoms with Gasteiger partial charge in [-0.25, -0.2) is 5.43 Å². The number of aryl methyl sites for hydroxylation is 1. The average Bonchev–Trinajstić information content (AvgIpc) is 2.60. The minimum absolute atomic E-state index is 0.0732. The van der Waals surface area contributed by atoms with Crippen molar-refractivity contribution in [3.63, 3.8) is 0 Å². The van der Waals surface area contributed by atoms with Crippen LogP contribution in [0.5, 0.6) is 11.5 Å². The number of amides is 1. The largest absolute Gasteiger partial charge is 0.507 e. The van der Waals surface area contributed by atoms with Crippen LogP contribution >= 0.6 is 0 Å². The highest BCUT2D eigenvalue weighted by Gasteiger charge is 2.06. The predicted octanol–water partition coefficient (Wildman–Crippen LogP) is 2.66. The van der Waals surface area contributed by atoms with E-state index in [0.29, 0.717) is 17.0 Å². The number of carbonyl (C=O) groups is 1. The van der Waals surface area contributed by atoms with Gasteiger partial charge in [-0.2, -0.15) is 5.10 Å². The third kappa shape index (κ3) is 4.74. The average molecular weight is 327 g/mol. The van der Waals surface area contributed by atoms with Gasteiger partial charge in [0.05, 0.1) is 19.4 Å². The van der Waals surface area contributed by atoms with E-state index in [9.17, 15) is 9.90 Å². The second-order valence-corrected chi connectivity index (χ2v) is 5.34. The zero-order chi connectivity index (χ0) is 17.5. The minimum atomic E-state index is -0.288. The monoisotopic (exact) mass is 327 g/mol. The molecule has 0 radical (unpaired) electrons. The number of phenols is 1. The molecule has 0 saturated carbocycles. The summed E-state index contributed by atoms with van der Waals surface area (Å²) in [5.41, 5.74) is 5.38. The van der Waals surface area contributed by atoms with Crippen molar-refractivity contribution >= 4 is 17.3 Å². The summed E-state index contributed by atoms with van der Waals surface area (Å²) in [7, 11) is 1.59. The highest BCUT2D eigenvalue weighted by Crippen LogP contribution is 2.19. The number of carbonyl (C=O) groups excluding carboxylic acids is 1. The molecule has 0 unspecified atom stereocenters. The Hall–Kier alpha value is -3.02. The Morgan fingerprint density at radius 3 is 2.79 bits per heavy atom. The fraction of sp³-hybridized carbons (Fsp3) is 0.222. The van der Waals surface area contributed by atoms with E-state index in [1.807, 2.05) is 37.3 Å². The standard InChI is InChI=1S/C18H21N3O3/c1-12-7-8-17(22)16(9-12)13(2)20-21-18(23)11-19-14-5-4-6-15(10-14)24-3/h4-10,19,22H,11H2,1-3H3,(H,21,23)/b20-13+. The van der Waals surface area contributed by atoms with E-state index >= 15 is 0 Å². The van der Waals surface area contributed by atoms with Crippen LogP contribution < -0.4 is 15.5 Å². The molecule has 0 aliphatic rings. The summed E-state index contributed by atoms with van der Waals surface area (Å²) in [6.45, 7) is 3.72. The first-order valence-electron chi connectivity index (χ1n) is 7.50. The van der Waals surface area contributed by atoms with Gasteiger partial charge in [-0.05, 0) is 38.1 Å². The topological polar surface area (TPSA) is 83.0 Å². The maximum Gasteiger partial charge on any atom is 0.259 e. The van der Waals surface area contributed by atoms with E-state index < -0.39 is 0 Å². The number of hydrazone groups is 1. The normalized spacial score (nSPS) is 11.0. The molecule has 6 nitrogen and oxygen atoms in total. The fourth-order valence-electron chi connectivity index (χ4n) is 2.10. The van der Waals surface area contributed by atoms with Gasteiger partial charge in [-0.15, -0.1) is 0 Å². The molecule has 2 rings (SSSR count). The fourth-order valence-corrected chi connectivity index (χ4v) is 2.10. The summed E-state index contributed by atoms with van der Waals surface area (Å²) in [5, 5.41) is 16.9. The lowest BCUT2D eigenvalue weighted by Gasteiger charge is -2.08. The van der Waals surface area contributed by atoms with E-state index in [0.717, 1.165) is 11.3 Å². The van der Waals surface area contributed by atoms with Crippen LogP contribution in [-0.2, 0) is 4.79 Å². The minimum Gasteiger partial charge on any atom is -0.507 e. The van der Waals surface area contributed by atoms with Gasteiger partial charge >= 0.3 is 0 Å². The number of ether oxygens (including phenoxy) is 1. The van der Waals surface area contributed by atoms with E-state index in [1.54, 1.807) is 26.2 Å².